The smallest absolute Gasteiger partial charge is 0.288 e. The summed E-state index contributed by atoms with van der Waals surface area (Å²) < 4.78 is 24.5. The minimum atomic E-state index is -2.35. The van der Waals surface area contributed by atoms with Crippen molar-refractivity contribution in [1.82, 2.24) is 4.90 Å². The fourth-order valence-corrected chi connectivity index (χ4v) is 3.54. The molecule has 3 rings (SSSR count). The largest absolute Gasteiger partial charge is 0.381 e. The predicted octanol–water partition coefficient (Wildman–Crippen LogP) is 4.04. The van der Waals surface area contributed by atoms with Crippen LogP contribution in [0.2, 0.25) is 0 Å². The zero-order valence-electron chi connectivity index (χ0n) is 11.6. The molecule has 2 unspecified atom stereocenters. The van der Waals surface area contributed by atoms with Gasteiger partial charge in [0, 0.05) is 35.3 Å². The molecule has 1 aromatic rings. The summed E-state index contributed by atoms with van der Waals surface area (Å²) >= 11 is 0.593. The Balaban J connectivity index is 1.55. The van der Waals surface area contributed by atoms with Crippen LogP contribution in [-0.4, -0.2) is 35.3 Å². The molecule has 2 aliphatic rings. The molecule has 0 radical (unpaired) electrons. The molecule has 20 heavy (non-hydrogen) atoms. The van der Waals surface area contributed by atoms with Crippen molar-refractivity contribution in [3.8, 4) is 0 Å². The Morgan fingerprint density at radius 2 is 1.95 bits per heavy atom. The van der Waals surface area contributed by atoms with Crippen LogP contribution in [0.4, 0.5) is 14.5 Å². The standard InChI is InChI=1S/C15H20F2N2S/c1-10-8-12(9-19(10)13-4-5-13)18-11-2-6-14(7-3-11)20-15(16)17/h2-3,6-7,10,12-13,15,18H,4-5,8-9H2,1H3. The Labute approximate surface area is 122 Å². The van der Waals surface area contributed by atoms with Crippen LogP contribution in [0.15, 0.2) is 29.2 Å². The second-order valence-corrected chi connectivity index (χ2v) is 6.82. The number of hydrogen-bond acceptors (Lipinski definition) is 3. The first-order valence-corrected chi connectivity index (χ1v) is 8.07. The Morgan fingerprint density at radius 1 is 1.25 bits per heavy atom. The molecule has 0 spiro atoms. The lowest BCUT2D eigenvalue weighted by atomic mass is 10.2. The molecular formula is C15H20F2N2S. The van der Waals surface area contributed by atoms with Gasteiger partial charge < -0.3 is 5.32 Å². The van der Waals surface area contributed by atoms with Gasteiger partial charge in [-0.15, -0.1) is 0 Å². The number of alkyl halides is 2. The van der Waals surface area contributed by atoms with Crippen LogP contribution in [0.3, 0.4) is 0 Å². The predicted molar refractivity (Wildman–Crippen MR) is 79.5 cm³/mol. The summed E-state index contributed by atoms with van der Waals surface area (Å²) in [5, 5.41) is 3.53. The summed E-state index contributed by atoms with van der Waals surface area (Å²) in [4.78, 5) is 3.21. The van der Waals surface area contributed by atoms with Gasteiger partial charge in [-0.3, -0.25) is 4.90 Å². The van der Waals surface area contributed by atoms with Crippen molar-refractivity contribution >= 4 is 17.4 Å². The summed E-state index contributed by atoms with van der Waals surface area (Å²) in [6, 6.07) is 9.24. The summed E-state index contributed by atoms with van der Waals surface area (Å²) in [5.41, 5.74) is 1.03. The number of hydrogen-bond donors (Lipinski definition) is 1. The van der Waals surface area contributed by atoms with Crippen LogP contribution in [0.25, 0.3) is 0 Å². The van der Waals surface area contributed by atoms with E-state index in [1.165, 1.54) is 12.8 Å². The number of nitrogens with one attached hydrogen (secondary N) is 1. The molecule has 0 aromatic heterocycles. The third-order valence-electron chi connectivity index (χ3n) is 4.09. The maximum absolute atomic E-state index is 12.3. The summed E-state index contributed by atoms with van der Waals surface area (Å²) in [5.74, 6) is -2.35. The molecule has 1 heterocycles. The maximum atomic E-state index is 12.3. The minimum absolute atomic E-state index is 0.471. The van der Waals surface area contributed by atoms with Crippen LogP contribution in [-0.2, 0) is 0 Å². The second kappa shape index (κ2) is 5.90. The lowest BCUT2D eigenvalue weighted by Crippen LogP contribution is -2.30. The molecule has 1 saturated carbocycles. The summed E-state index contributed by atoms with van der Waals surface area (Å²) in [7, 11) is 0. The van der Waals surface area contributed by atoms with Gasteiger partial charge in [-0.2, -0.15) is 8.78 Å². The molecule has 1 aromatic carbocycles. The highest BCUT2D eigenvalue weighted by Crippen LogP contribution is 2.34. The number of anilines is 1. The van der Waals surface area contributed by atoms with Gasteiger partial charge in [0.15, 0.2) is 0 Å². The van der Waals surface area contributed by atoms with Crippen molar-refractivity contribution in [2.24, 2.45) is 0 Å². The van der Waals surface area contributed by atoms with E-state index >= 15 is 0 Å². The van der Waals surface area contributed by atoms with Gasteiger partial charge in [0.05, 0.1) is 0 Å². The first-order valence-electron chi connectivity index (χ1n) is 7.19. The van der Waals surface area contributed by atoms with Gasteiger partial charge in [-0.1, -0.05) is 11.8 Å². The van der Waals surface area contributed by atoms with E-state index in [-0.39, 0.29) is 0 Å². The zero-order valence-corrected chi connectivity index (χ0v) is 12.4. The van der Waals surface area contributed by atoms with Crippen molar-refractivity contribution in [3.63, 3.8) is 0 Å². The van der Waals surface area contributed by atoms with Gasteiger partial charge in [0.25, 0.3) is 5.76 Å². The van der Waals surface area contributed by atoms with E-state index in [1.807, 2.05) is 12.1 Å². The molecule has 1 aliphatic heterocycles. The number of rotatable bonds is 5. The highest BCUT2D eigenvalue weighted by atomic mass is 32.2. The lowest BCUT2D eigenvalue weighted by molar-refractivity contribution is 0.252. The average molecular weight is 298 g/mol. The highest BCUT2D eigenvalue weighted by molar-refractivity contribution is 7.99. The number of nitrogens with zero attached hydrogens (tertiary/aromatic N) is 1. The van der Waals surface area contributed by atoms with Crippen molar-refractivity contribution in [2.75, 3.05) is 11.9 Å². The quantitative estimate of drug-likeness (QED) is 0.826. The van der Waals surface area contributed by atoms with E-state index in [2.05, 4.69) is 17.1 Å². The lowest BCUT2D eigenvalue weighted by Gasteiger charge is -2.20. The van der Waals surface area contributed by atoms with Crippen LogP contribution < -0.4 is 5.32 Å². The molecular weight excluding hydrogens is 278 g/mol. The average Bonchev–Trinajstić information content (AvgIpc) is 3.16. The molecule has 110 valence electrons. The molecule has 2 atom stereocenters. The minimum Gasteiger partial charge on any atom is -0.381 e. The van der Waals surface area contributed by atoms with Crippen LogP contribution in [0, 0.1) is 0 Å². The fourth-order valence-electron chi connectivity index (χ4n) is 3.04. The molecule has 5 heteroatoms. The SMILES string of the molecule is CC1CC(Nc2ccc(SC(F)F)cc2)CN1C1CC1. The molecule has 1 aliphatic carbocycles. The van der Waals surface area contributed by atoms with E-state index in [0.717, 1.165) is 24.7 Å². The number of benzene rings is 1. The molecule has 1 saturated heterocycles. The van der Waals surface area contributed by atoms with Crippen LogP contribution in [0.5, 0.6) is 0 Å². The summed E-state index contributed by atoms with van der Waals surface area (Å²) in [6.45, 7) is 3.39. The van der Waals surface area contributed by atoms with Gasteiger partial charge in [0.2, 0.25) is 0 Å². The fraction of sp³-hybridized carbons (Fsp3) is 0.600. The Hall–Kier alpha value is -0.810. The Bertz CT molecular complexity index is 448. The number of halogens is 2. The molecule has 2 nitrogen and oxygen atoms in total. The molecule has 2 fully saturated rings. The Kier molecular flexibility index (Phi) is 4.17. The summed E-state index contributed by atoms with van der Waals surface area (Å²) in [6.07, 6.45) is 3.84. The number of likely N-dealkylation sites (tertiary alicyclic amines) is 1. The van der Waals surface area contributed by atoms with Crippen LogP contribution in [0.1, 0.15) is 26.2 Å². The monoisotopic (exact) mass is 298 g/mol. The molecule has 1 N–H and O–H groups in total. The van der Waals surface area contributed by atoms with Gasteiger partial charge in [-0.05, 0) is 50.5 Å². The van der Waals surface area contributed by atoms with Crippen LogP contribution >= 0.6 is 11.8 Å². The van der Waals surface area contributed by atoms with Crippen molar-refractivity contribution in [2.45, 2.75) is 55.0 Å². The highest BCUT2D eigenvalue weighted by Gasteiger charge is 2.38. The van der Waals surface area contributed by atoms with E-state index in [4.69, 9.17) is 0 Å². The van der Waals surface area contributed by atoms with Gasteiger partial charge in [0.1, 0.15) is 0 Å². The normalized spacial score (nSPS) is 27.2. The van der Waals surface area contributed by atoms with Crippen molar-refractivity contribution < 1.29 is 8.78 Å². The van der Waals surface area contributed by atoms with E-state index < -0.39 is 5.76 Å². The molecule has 0 bridgehead atoms. The second-order valence-electron chi connectivity index (χ2n) is 5.76. The van der Waals surface area contributed by atoms with Crippen molar-refractivity contribution in [1.29, 1.82) is 0 Å². The van der Waals surface area contributed by atoms with Gasteiger partial charge >= 0.3 is 0 Å². The van der Waals surface area contributed by atoms with E-state index in [9.17, 15) is 8.78 Å². The van der Waals surface area contributed by atoms with E-state index in [0.29, 0.717) is 28.7 Å². The van der Waals surface area contributed by atoms with Crippen molar-refractivity contribution in [3.05, 3.63) is 24.3 Å². The van der Waals surface area contributed by atoms with Gasteiger partial charge in [-0.25, -0.2) is 0 Å². The third kappa shape index (κ3) is 3.44. The third-order valence-corrected chi connectivity index (χ3v) is 4.81. The zero-order chi connectivity index (χ0) is 14.1. The first-order chi connectivity index (χ1) is 9.61. The van der Waals surface area contributed by atoms with E-state index in [1.54, 1.807) is 12.1 Å². The maximum Gasteiger partial charge on any atom is 0.288 e. The Morgan fingerprint density at radius 3 is 2.55 bits per heavy atom. The topological polar surface area (TPSA) is 15.3 Å². The first kappa shape index (κ1) is 14.1. The number of thioether (sulfide) groups is 1. The molecule has 0 amide bonds.